The van der Waals surface area contributed by atoms with E-state index in [1.54, 1.807) is 0 Å². The van der Waals surface area contributed by atoms with Gasteiger partial charge in [-0.2, -0.15) is 0 Å². The first kappa shape index (κ1) is 13.3. The summed E-state index contributed by atoms with van der Waals surface area (Å²) in [6.45, 7) is 1.64. The first-order valence-electron chi connectivity index (χ1n) is 7.52. The number of H-pyrrole nitrogens is 1. The van der Waals surface area contributed by atoms with E-state index in [2.05, 4.69) is 9.97 Å². The Balaban J connectivity index is 1.73. The molecule has 108 valence electrons. The second kappa shape index (κ2) is 5.38. The summed E-state index contributed by atoms with van der Waals surface area (Å²) in [5.41, 5.74) is 0.316. The minimum absolute atomic E-state index is 0.0867. The van der Waals surface area contributed by atoms with Gasteiger partial charge in [0.25, 0.3) is 11.5 Å². The molecule has 0 radical (unpaired) electrons. The Morgan fingerprint density at radius 2 is 1.90 bits per heavy atom. The Hall–Kier alpha value is -1.65. The second-order valence-corrected chi connectivity index (χ2v) is 6.20. The first-order chi connectivity index (χ1) is 9.69. The Morgan fingerprint density at radius 1 is 1.15 bits per heavy atom. The summed E-state index contributed by atoms with van der Waals surface area (Å²) in [6.07, 6.45) is 11.4. The molecule has 2 heterocycles. The maximum absolute atomic E-state index is 12.4. The minimum Gasteiger partial charge on any atom is -0.337 e. The van der Waals surface area contributed by atoms with Crippen LogP contribution in [0.2, 0.25) is 0 Å². The molecule has 1 N–H and O–H groups in total. The van der Waals surface area contributed by atoms with E-state index < -0.39 is 0 Å². The highest BCUT2D eigenvalue weighted by Gasteiger charge is 2.40. The molecule has 0 bridgehead atoms. The number of hydrogen-bond acceptors (Lipinski definition) is 3. The molecule has 20 heavy (non-hydrogen) atoms. The monoisotopic (exact) mass is 275 g/mol. The van der Waals surface area contributed by atoms with Crippen LogP contribution in [0.5, 0.6) is 0 Å². The van der Waals surface area contributed by atoms with Crippen LogP contribution < -0.4 is 5.56 Å². The molecule has 1 spiro atoms. The second-order valence-electron chi connectivity index (χ2n) is 6.20. The predicted octanol–water partition coefficient (Wildman–Crippen LogP) is 1.96. The molecule has 1 aromatic heterocycles. The first-order valence-corrected chi connectivity index (χ1v) is 7.52. The molecule has 1 amide bonds. The van der Waals surface area contributed by atoms with Gasteiger partial charge in [0.2, 0.25) is 0 Å². The predicted molar refractivity (Wildman–Crippen MR) is 75.5 cm³/mol. The van der Waals surface area contributed by atoms with Gasteiger partial charge in [0.15, 0.2) is 0 Å². The van der Waals surface area contributed by atoms with Crippen LogP contribution in [0.25, 0.3) is 0 Å². The van der Waals surface area contributed by atoms with Crippen LogP contribution in [-0.4, -0.2) is 33.9 Å². The van der Waals surface area contributed by atoms with Crippen molar-refractivity contribution in [3.8, 4) is 0 Å². The zero-order valence-corrected chi connectivity index (χ0v) is 11.7. The van der Waals surface area contributed by atoms with Crippen molar-refractivity contribution >= 4 is 5.91 Å². The van der Waals surface area contributed by atoms with Crippen molar-refractivity contribution in [1.29, 1.82) is 0 Å². The molecular weight excluding hydrogens is 254 g/mol. The van der Waals surface area contributed by atoms with E-state index >= 15 is 0 Å². The zero-order valence-electron chi connectivity index (χ0n) is 11.7. The molecule has 1 saturated carbocycles. The van der Waals surface area contributed by atoms with Gasteiger partial charge < -0.3 is 9.88 Å². The van der Waals surface area contributed by atoms with Crippen molar-refractivity contribution in [2.75, 3.05) is 13.1 Å². The fourth-order valence-corrected chi connectivity index (χ4v) is 3.65. The number of carbonyl (C=O) groups excluding carboxylic acids is 1. The molecule has 1 aliphatic heterocycles. The number of aromatic amines is 1. The molecular formula is C15H21N3O2. The number of nitrogens with one attached hydrogen (secondary N) is 1. The Labute approximate surface area is 118 Å². The van der Waals surface area contributed by atoms with E-state index in [9.17, 15) is 9.59 Å². The average Bonchev–Trinajstić information content (AvgIpc) is 2.72. The highest BCUT2D eigenvalue weighted by molar-refractivity contribution is 5.92. The molecule has 1 aromatic rings. The van der Waals surface area contributed by atoms with Gasteiger partial charge in [-0.25, -0.2) is 0 Å². The maximum atomic E-state index is 12.4. The fourth-order valence-electron chi connectivity index (χ4n) is 3.65. The molecule has 2 aliphatic rings. The smallest absolute Gasteiger partial charge is 0.271 e. The van der Waals surface area contributed by atoms with Gasteiger partial charge >= 0.3 is 0 Å². The molecule has 5 heteroatoms. The lowest BCUT2D eigenvalue weighted by atomic mass is 9.80. The Morgan fingerprint density at radius 3 is 2.60 bits per heavy atom. The van der Waals surface area contributed by atoms with Crippen molar-refractivity contribution in [3.63, 3.8) is 0 Å². The quantitative estimate of drug-likeness (QED) is 0.852. The van der Waals surface area contributed by atoms with Crippen LogP contribution in [0.3, 0.4) is 0 Å². The standard InChI is InChI=1S/C15H21N3O2/c19-13-10-16-9-12(17-13)14(20)18-8-7-15(11-18)5-3-1-2-4-6-15/h9-10H,1-8,11H2,(H,17,19). The third-order valence-electron chi connectivity index (χ3n) is 4.77. The molecule has 1 aliphatic carbocycles. The van der Waals surface area contributed by atoms with Gasteiger partial charge in [0.05, 0.1) is 12.4 Å². The topological polar surface area (TPSA) is 66.1 Å². The highest BCUT2D eigenvalue weighted by Crippen LogP contribution is 2.42. The molecule has 5 nitrogen and oxygen atoms in total. The van der Waals surface area contributed by atoms with Crippen molar-refractivity contribution in [2.24, 2.45) is 5.41 Å². The summed E-state index contributed by atoms with van der Waals surface area (Å²) < 4.78 is 0. The summed E-state index contributed by atoms with van der Waals surface area (Å²) in [5.74, 6) is -0.0867. The van der Waals surface area contributed by atoms with Crippen molar-refractivity contribution in [1.82, 2.24) is 14.9 Å². The molecule has 3 rings (SSSR count). The third-order valence-corrected chi connectivity index (χ3v) is 4.77. The van der Waals surface area contributed by atoms with Gasteiger partial charge in [0.1, 0.15) is 5.69 Å². The zero-order chi connectivity index (χ0) is 14.0. The number of carbonyl (C=O) groups is 1. The molecule has 1 saturated heterocycles. The lowest BCUT2D eigenvalue weighted by molar-refractivity contribution is 0.0761. The number of amides is 1. The Bertz CT molecular complexity index is 544. The SMILES string of the molecule is O=C(c1cncc(=O)[nH]1)N1CCC2(CCCCCC2)C1. The summed E-state index contributed by atoms with van der Waals surface area (Å²) in [4.78, 5) is 32.0. The lowest BCUT2D eigenvalue weighted by Gasteiger charge is -2.27. The summed E-state index contributed by atoms with van der Waals surface area (Å²) in [5, 5.41) is 0. The highest BCUT2D eigenvalue weighted by atomic mass is 16.2. The maximum Gasteiger partial charge on any atom is 0.271 e. The Kier molecular flexibility index (Phi) is 3.59. The van der Waals surface area contributed by atoms with Gasteiger partial charge in [-0.15, -0.1) is 0 Å². The molecule has 0 atom stereocenters. The number of aromatic nitrogens is 2. The van der Waals surface area contributed by atoms with E-state index in [0.717, 1.165) is 19.5 Å². The molecule has 2 fully saturated rings. The van der Waals surface area contributed by atoms with Crippen LogP contribution in [-0.2, 0) is 0 Å². The van der Waals surface area contributed by atoms with Gasteiger partial charge in [0, 0.05) is 13.1 Å². The van der Waals surface area contributed by atoms with Gasteiger partial charge in [-0.3, -0.25) is 14.6 Å². The van der Waals surface area contributed by atoms with Crippen molar-refractivity contribution in [3.05, 3.63) is 28.4 Å². The molecule has 0 unspecified atom stereocenters. The van der Waals surface area contributed by atoms with Crippen LogP contribution in [0.1, 0.15) is 55.4 Å². The number of likely N-dealkylation sites (tertiary alicyclic amines) is 1. The summed E-state index contributed by atoms with van der Waals surface area (Å²) in [7, 11) is 0. The van der Waals surface area contributed by atoms with E-state index in [1.807, 2.05) is 4.90 Å². The van der Waals surface area contributed by atoms with Gasteiger partial charge in [-0.05, 0) is 24.7 Å². The number of hydrogen-bond donors (Lipinski definition) is 1. The van der Waals surface area contributed by atoms with Crippen LogP contribution in [0, 0.1) is 5.41 Å². The normalized spacial score (nSPS) is 21.9. The average molecular weight is 275 g/mol. The third kappa shape index (κ3) is 2.62. The van der Waals surface area contributed by atoms with Crippen molar-refractivity contribution in [2.45, 2.75) is 44.9 Å². The van der Waals surface area contributed by atoms with E-state index in [4.69, 9.17) is 0 Å². The molecule has 0 aromatic carbocycles. The fraction of sp³-hybridized carbons (Fsp3) is 0.667. The minimum atomic E-state index is -0.320. The van der Waals surface area contributed by atoms with Crippen LogP contribution in [0.4, 0.5) is 0 Å². The van der Waals surface area contributed by atoms with E-state index in [-0.39, 0.29) is 11.5 Å². The van der Waals surface area contributed by atoms with Crippen LogP contribution in [0.15, 0.2) is 17.2 Å². The number of nitrogens with zero attached hydrogens (tertiary/aromatic N) is 2. The lowest BCUT2D eigenvalue weighted by Crippen LogP contribution is -2.33. The van der Waals surface area contributed by atoms with Crippen molar-refractivity contribution < 1.29 is 4.79 Å². The van der Waals surface area contributed by atoms with E-state index in [0.29, 0.717) is 11.1 Å². The summed E-state index contributed by atoms with van der Waals surface area (Å²) in [6, 6.07) is 0. The largest absolute Gasteiger partial charge is 0.337 e. The van der Waals surface area contributed by atoms with E-state index in [1.165, 1.54) is 50.9 Å². The van der Waals surface area contributed by atoms with Crippen LogP contribution >= 0.6 is 0 Å². The van der Waals surface area contributed by atoms with Gasteiger partial charge in [-0.1, -0.05) is 25.7 Å². The summed E-state index contributed by atoms with van der Waals surface area (Å²) >= 11 is 0. The number of rotatable bonds is 1.